The Balaban J connectivity index is 1.95. The molecule has 3 rings (SSSR count). The Bertz CT molecular complexity index is 494. The number of amides is 1. The molecule has 0 aliphatic carbocycles. The molecule has 5 heteroatoms. The van der Waals surface area contributed by atoms with E-state index in [1.54, 1.807) is 4.68 Å². The number of nitrogens with one attached hydrogen (secondary N) is 1. The van der Waals surface area contributed by atoms with Crippen molar-refractivity contribution in [2.24, 2.45) is 7.05 Å². The summed E-state index contributed by atoms with van der Waals surface area (Å²) in [6.45, 7) is 5.86. The molecular formula is C14H22N4O. The van der Waals surface area contributed by atoms with Gasteiger partial charge in [-0.2, -0.15) is 5.10 Å². The highest BCUT2D eigenvalue weighted by Crippen LogP contribution is 2.30. The van der Waals surface area contributed by atoms with Crippen LogP contribution in [0.15, 0.2) is 0 Å². The second-order valence-corrected chi connectivity index (χ2v) is 5.76. The third-order valence-corrected chi connectivity index (χ3v) is 4.61. The molecule has 2 atom stereocenters. The van der Waals surface area contributed by atoms with Gasteiger partial charge >= 0.3 is 0 Å². The van der Waals surface area contributed by atoms with Gasteiger partial charge in [0.2, 0.25) is 0 Å². The average molecular weight is 262 g/mol. The standard InChI is InChI=1S/C14H22N4O/c1-9-13(10(2)17(3)16-9)14(19)18-11-4-5-12(18)8-15-7-6-11/h11-12,15H,4-8H2,1-3H3. The molecule has 0 radical (unpaired) electrons. The molecule has 0 aromatic carbocycles. The van der Waals surface area contributed by atoms with Gasteiger partial charge in [-0.3, -0.25) is 9.48 Å². The quantitative estimate of drug-likeness (QED) is 0.821. The number of fused-ring (bicyclic) bond motifs is 2. The lowest BCUT2D eigenvalue weighted by Crippen LogP contribution is -2.42. The van der Waals surface area contributed by atoms with Crippen molar-refractivity contribution in [1.29, 1.82) is 0 Å². The zero-order valence-corrected chi connectivity index (χ0v) is 11.9. The first kappa shape index (κ1) is 12.7. The molecule has 2 aliphatic heterocycles. The van der Waals surface area contributed by atoms with Crippen molar-refractivity contribution in [3.05, 3.63) is 17.0 Å². The Labute approximate surface area is 114 Å². The van der Waals surface area contributed by atoms with Crippen LogP contribution in [-0.2, 0) is 7.05 Å². The summed E-state index contributed by atoms with van der Waals surface area (Å²) in [5.41, 5.74) is 2.63. The Kier molecular flexibility index (Phi) is 3.09. The van der Waals surface area contributed by atoms with E-state index in [2.05, 4.69) is 15.3 Å². The first-order valence-electron chi connectivity index (χ1n) is 7.13. The van der Waals surface area contributed by atoms with Crippen LogP contribution in [-0.4, -0.2) is 45.8 Å². The van der Waals surface area contributed by atoms with Crippen LogP contribution in [0.3, 0.4) is 0 Å². The zero-order valence-electron chi connectivity index (χ0n) is 11.9. The van der Waals surface area contributed by atoms with Crippen LogP contribution in [0.2, 0.25) is 0 Å². The predicted molar refractivity (Wildman–Crippen MR) is 73.1 cm³/mol. The van der Waals surface area contributed by atoms with Crippen LogP contribution >= 0.6 is 0 Å². The topological polar surface area (TPSA) is 50.2 Å². The minimum absolute atomic E-state index is 0.180. The minimum atomic E-state index is 0.180. The van der Waals surface area contributed by atoms with Crippen LogP contribution < -0.4 is 5.32 Å². The molecule has 19 heavy (non-hydrogen) atoms. The molecule has 0 spiro atoms. The molecule has 1 N–H and O–H groups in total. The third kappa shape index (κ3) is 1.96. The minimum Gasteiger partial charge on any atom is -0.331 e. The number of rotatable bonds is 1. The van der Waals surface area contributed by atoms with Gasteiger partial charge in [-0.25, -0.2) is 0 Å². The summed E-state index contributed by atoms with van der Waals surface area (Å²) in [5, 5.41) is 7.81. The van der Waals surface area contributed by atoms with Gasteiger partial charge in [0.25, 0.3) is 5.91 Å². The van der Waals surface area contributed by atoms with Crippen molar-refractivity contribution in [3.8, 4) is 0 Å². The van der Waals surface area contributed by atoms with Crippen LogP contribution in [0.4, 0.5) is 0 Å². The largest absolute Gasteiger partial charge is 0.331 e. The van der Waals surface area contributed by atoms with E-state index in [1.807, 2.05) is 20.9 Å². The fourth-order valence-corrected chi connectivity index (χ4v) is 3.53. The third-order valence-electron chi connectivity index (χ3n) is 4.61. The second-order valence-electron chi connectivity index (χ2n) is 5.76. The molecule has 2 bridgehead atoms. The van der Waals surface area contributed by atoms with Crippen LogP contribution in [0, 0.1) is 13.8 Å². The molecule has 2 saturated heterocycles. The molecule has 3 heterocycles. The van der Waals surface area contributed by atoms with Gasteiger partial charge < -0.3 is 10.2 Å². The molecule has 1 amide bonds. The average Bonchev–Trinajstić information content (AvgIpc) is 2.75. The predicted octanol–water partition coefficient (Wildman–Crippen LogP) is 1.00. The molecule has 2 fully saturated rings. The maximum Gasteiger partial charge on any atom is 0.258 e. The van der Waals surface area contributed by atoms with Crippen molar-refractivity contribution in [1.82, 2.24) is 20.0 Å². The van der Waals surface area contributed by atoms with Crippen molar-refractivity contribution in [2.75, 3.05) is 13.1 Å². The van der Waals surface area contributed by atoms with Gasteiger partial charge in [-0.05, 0) is 39.7 Å². The summed E-state index contributed by atoms with van der Waals surface area (Å²) in [6, 6.07) is 0.769. The molecule has 104 valence electrons. The Morgan fingerprint density at radius 2 is 2.00 bits per heavy atom. The maximum atomic E-state index is 12.9. The lowest BCUT2D eigenvalue weighted by molar-refractivity contribution is 0.0678. The van der Waals surface area contributed by atoms with Crippen LogP contribution in [0.1, 0.15) is 41.0 Å². The van der Waals surface area contributed by atoms with Crippen molar-refractivity contribution in [2.45, 2.75) is 45.2 Å². The van der Waals surface area contributed by atoms with Crippen molar-refractivity contribution in [3.63, 3.8) is 0 Å². The summed E-state index contributed by atoms with van der Waals surface area (Å²) in [6.07, 6.45) is 3.35. The lowest BCUT2D eigenvalue weighted by atomic mass is 10.1. The summed E-state index contributed by atoms with van der Waals surface area (Å²) in [7, 11) is 1.90. The molecule has 5 nitrogen and oxygen atoms in total. The molecular weight excluding hydrogens is 240 g/mol. The summed E-state index contributed by atoms with van der Waals surface area (Å²) in [4.78, 5) is 15.0. The van der Waals surface area contributed by atoms with E-state index in [-0.39, 0.29) is 5.91 Å². The number of carbonyl (C=O) groups excluding carboxylic acids is 1. The number of aryl methyl sites for hydroxylation is 2. The molecule has 1 aromatic heterocycles. The van der Waals surface area contributed by atoms with E-state index in [4.69, 9.17) is 0 Å². The highest BCUT2D eigenvalue weighted by atomic mass is 16.2. The van der Waals surface area contributed by atoms with Gasteiger partial charge in [0, 0.05) is 31.4 Å². The normalized spacial score (nSPS) is 26.6. The second kappa shape index (κ2) is 4.63. The molecule has 2 unspecified atom stereocenters. The van der Waals surface area contributed by atoms with E-state index >= 15 is 0 Å². The first-order chi connectivity index (χ1) is 9.09. The molecule has 0 saturated carbocycles. The van der Waals surface area contributed by atoms with E-state index in [0.717, 1.165) is 49.3 Å². The van der Waals surface area contributed by atoms with E-state index < -0.39 is 0 Å². The van der Waals surface area contributed by atoms with Gasteiger partial charge in [0.15, 0.2) is 0 Å². The Morgan fingerprint density at radius 1 is 1.26 bits per heavy atom. The Morgan fingerprint density at radius 3 is 2.68 bits per heavy atom. The number of carbonyl (C=O) groups is 1. The first-order valence-corrected chi connectivity index (χ1v) is 7.13. The van der Waals surface area contributed by atoms with Crippen molar-refractivity contribution >= 4 is 5.91 Å². The monoisotopic (exact) mass is 262 g/mol. The number of nitrogens with zero attached hydrogens (tertiary/aromatic N) is 3. The highest BCUT2D eigenvalue weighted by molar-refractivity contribution is 5.97. The van der Waals surface area contributed by atoms with E-state index in [1.165, 1.54) is 0 Å². The highest BCUT2D eigenvalue weighted by Gasteiger charge is 2.39. The molecule has 2 aliphatic rings. The van der Waals surface area contributed by atoms with Crippen molar-refractivity contribution < 1.29 is 4.79 Å². The van der Waals surface area contributed by atoms with Crippen LogP contribution in [0.25, 0.3) is 0 Å². The lowest BCUT2D eigenvalue weighted by Gasteiger charge is -2.28. The SMILES string of the molecule is Cc1nn(C)c(C)c1C(=O)N1C2CCNCC1CC2. The summed E-state index contributed by atoms with van der Waals surface area (Å²) in [5.74, 6) is 0.180. The summed E-state index contributed by atoms with van der Waals surface area (Å²) < 4.78 is 1.81. The van der Waals surface area contributed by atoms with E-state index in [0.29, 0.717) is 12.1 Å². The Hall–Kier alpha value is -1.36. The van der Waals surface area contributed by atoms with E-state index in [9.17, 15) is 4.79 Å². The number of aromatic nitrogens is 2. The number of hydrogen-bond donors (Lipinski definition) is 1. The fourth-order valence-electron chi connectivity index (χ4n) is 3.53. The van der Waals surface area contributed by atoms with Gasteiger partial charge in [-0.1, -0.05) is 0 Å². The fraction of sp³-hybridized carbons (Fsp3) is 0.714. The van der Waals surface area contributed by atoms with Crippen LogP contribution in [0.5, 0.6) is 0 Å². The smallest absolute Gasteiger partial charge is 0.258 e. The zero-order chi connectivity index (χ0) is 13.6. The van der Waals surface area contributed by atoms with Gasteiger partial charge in [-0.15, -0.1) is 0 Å². The van der Waals surface area contributed by atoms with Gasteiger partial charge in [0.05, 0.1) is 11.3 Å². The molecule has 1 aromatic rings. The maximum absolute atomic E-state index is 12.9. The van der Waals surface area contributed by atoms with Gasteiger partial charge in [0.1, 0.15) is 0 Å². The number of hydrogen-bond acceptors (Lipinski definition) is 3. The summed E-state index contributed by atoms with van der Waals surface area (Å²) >= 11 is 0.